The number of nitrogens with one attached hydrogen (secondary N) is 1. The van der Waals surface area contributed by atoms with Crippen LogP contribution in [0.15, 0.2) is 29.3 Å². The summed E-state index contributed by atoms with van der Waals surface area (Å²) in [6, 6.07) is 5.46. The highest BCUT2D eigenvalue weighted by Gasteiger charge is 2.42. The van der Waals surface area contributed by atoms with Gasteiger partial charge in [-0.25, -0.2) is 9.69 Å². The summed E-state index contributed by atoms with van der Waals surface area (Å²) in [7, 11) is 0. The van der Waals surface area contributed by atoms with Crippen LogP contribution in [0, 0.1) is 5.92 Å². The Hall–Kier alpha value is -2.25. The molecule has 0 aliphatic carbocycles. The Balaban J connectivity index is 1.81. The average molecular weight is 364 g/mol. The molecule has 0 saturated carbocycles. The van der Waals surface area contributed by atoms with Crippen LogP contribution >= 0.6 is 11.6 Å². The quantitative estimate of drug-likeness (QED) is 0.656. The number of urea groups is 1. The van der Waals surface area contributed by atoms with Crippen LogP contribution in [-0.4, -0.2) is 42.8 Å². The van der Waals surface area contributed by atoms with Crippen molar-refractivity contribution in [3.8, 4) is 0 Å². The van der Waals surface area contributed by atoms with E-state index in [9.17, 15) is 14.4 Å². The number of anilines is 1. The molecule has 2 aliphatic rings. The van der Waals surface area contributed by atoms with E-state index in [1.165, 1.54) is 0 Å². The third kappa shape index (κ3) is 3.72. The molecule has 8 heteroatoms. The summed E-state index contributed by atoms with van der Waals surface area (Å²) in [5.74, 6) is -2.41. The minimum Gasteiger partial charge on any atom is -0.376 e. The van der Waals surface area contributed by atoms with Crippen molar-refractivity contribution >= 4 is 40.8 Å². The van der Waals surface area contributed by atoms with Crippen molar-refractivity contribution in [2.75, 3.05) is 18.1 Å². The molecular weight excluding hydrogens is 346 g/mol. The lowest BCUT2D eigenvalue weighted by molar-refractivity contribution is -0.131. The molecule has 0 bridgehead atoms. The van der Waals surface area contributed by atoms with Crippen LogP contribution in [0.2, 0.25) is 5.02 Å². The van der Waals surface area contributed by atoms with Crippen LogP contribution in [0.3, 0.4) is 0 Å². The van der Waals surface area contributed by atoms with E-state index in [0.717, 1.165) is 17.7 Å². The first kappa shape index (κ1) is 17.6. The molecule has 2 aliphatic heterocycles. The minimum atomic E-state index is -1.13. The van der Waals surface area contributed by atoms with Crippen LogP contribution in [0.25, 0.3) is 0 Å². The maximum atomic E-state index is 12.8. The monoisotopic (exact) mass is 363 g/mol. The van der Waals surface area contributed by atoms with Gasteiger partial charge in [0.05, 0.1) is 18.3 Å². The van der Waals surface area contributed by atoms with Crippen molar-refractivity contribution in [1.82, 2.24) is 5.32 Å². The van der Waals surface area contributed by atoms with E-state index in [4.69, 9.17) is 16.3 Å². The zero-order valence-corrected chi connectivity index (χ0v) is 14.5. The number of rotatable bonds is 4. The molecule has 2 atom stereocenters. The summed E-state index contributed by atoms with van der Waals surface area (Å²) >= 11 is 5.84. The van der Waals surface area contributed by atoms with Crippen LogP contribution in [-0.2, 0) is 14.3 Å². The van der Waals surface area contributed by atoms with Crippen LogP contribution in [0.1, 0.15) is 19.8 Å². The molecule has 0 radical (unpaired) electrons. The zero-order chi connectivity index (χ0) is 18.0. The van der Waals surface area contributed by atoms with Gasteiger partial charge in [-0.15, -0.1) is 0 Å². The van der Waals surface area contributed by atoms with Crippen molar-refractivity contribution < 1.29 is 19.1 Å². The van der Waals surface area contributed by atoms with Crippen molar-refractivity contribution in [2.45, 2.75) is 25.9 Å². The second-order valence-corrected chi connectivity index (χ2v) is 6.43. The number of carbonyl (C=O) groups is 3. The number of aliphatic imine (C=N–C) groups is 1. The third-order valence-electron chi connectivity index (χ3n) is 4.23. The molecule has 1 aromatic rings. The number of hydrogen-bond acceptors (Lipinski definition) is 5. The number of ether oxygens (including phenoxy) is 1. The largest absolute Gasteiger partial charge is 0.376 e. The first-order valence-corrected chi connectivity index (χ1v) is 8.42. The maximum Gasteiger partial charge on any atom is 0.335 e. The topological polar surface area (TPSA) is 88.1 Å². The Morgan fingerprint density at radius 1 is 1.32 bits per heavy atom. The zero-order valence-electron chi connectivity index (χ0n) is 13.7. The second-order valence-electron chi connectivity index (χ2n) is 5.99. The van der Waals surface area contributed by atoms with E-state index < -0.39 is 23.8 Å². The molecule has 1 N–H and O–H groups in total. The molecule has 7 nitrogen and oxygen atoms in total. The van der Waals surface area contributed by atoms with E-state index in [0.29, 0.717) is 29.6 Å². The molecule has 0 aromatic heterocycles. The molecule has 4 amide bonds. The summed E-state index contributed by atoms with van der Waals surface area (Å²) in [5, 5.41) is 2.70. The number of benzene rings is 1. The summed E-state index contributed by atoms with van der Waals surface area (Å²) in [6.45, 7) is 2.73. The first-order chi connectivity index (χ1) is 12.0. The smallest absolute Gasteiger partial charge is 0.335 e. The molecule has 2 fully saturated rings. The van der Waals surface area contributed by atoms with Crippen molar-refractivity contribution in [3.63, 3.8) is 0 Å². The summed E-state index contributed by atoms with van der Waals surface area (Å²) in [6.07, 6.45) is 1.92. The Morgan fingerprint density at radius 2 is 2.04 bits per heavy atom. The van der Waals surface area contributed by atoms with Gasteiger partial charge in [0.2, 0.25) is 5.91 Å². The van der Waals surface area contributed by atoms with E-state index in [1.54, 1.807) is 31.2 Å². The van der Waals surface area contributed by atoms with Gasteiger partial charge in [0.1, 0.15) is 0 Å². The van der Waals surface area contributed by atoms with Crippen LogP contribution in [0.4, 0.5) is 10.5 Å². The minimum absolute atomic E-state index is 0.0192. The SMILES string of the molecule is CC(=NC[C@H]1CCCO1)C1C(=O)NC(=O)N(c2ccc(Cl)cc2)C1=O. The Bertz CT molecular complexity index is 726. The van der Waals surface area contributed by atoms with Gasteiger partial charge in [0.15, 0.2) is 5.92 Å². The standard InChI is InChI=1S/C17H18ClN3O4/c1-10(19-9-13-3-2-8-25-13)14-15(22)20-17(24)21(16(14)23)12-6-4-11(18)5-7-12/h4-7,13-14H,2-3,8-9H2,1H3,(H,20,22,24)/t13-,14?/m1/s1. The van der Waals surface area contributed by atoms with Crippen molar-refractivity contribution in [1.29, 1.82) is 0 Å². The predicted molar refractivity (Wildman–Crippen MR) is 92.9 cm³/mol. The third-order valence-corrected chi connectivity index (χ3v) is 4.49. The summed E-state index contributed by atoms with van der Waals surface area (Å²) in [5.41, 5.74) is 0.709. The van der Waals surface area contributed by atoms with Gasteiger partial charge in [-0.2, -0.15) is 0 Å². The van der Waals surface area contributed by atoms with E-state index >= 15 is 0 Å². The van der Waals surface area contributed by atoms with Gasteiger partial charge < -0.3 is 4.74 Å². The number of halogens is 1. The lowest BCUT2D eigenvalue weighted by Crippen LogP contribution is -2.60. The van der Waals surface area contributed by atoms with Gasteiger partial charge in [0.25, 0.3) is 5.91 Å². The van der Waals surface area contributed by atoms with Crippen molar-refractivity contribution in [2.24, 2.45) is 10.9 Å². The van der Waals surface area contributed by atoms with Gasteiger partial charge >= 0.3 is 6.03 Å². The molecule has 1 aromatic carbocycles. The lowest BCUT2D eigenvalue weighted by atomic mass is 9.99. The average Bonchev–Trinajstić information content (AvgIpc) is 3.07. The summed E-state index contributed by atoms with van der Waals surface area (Å²) in [4.78, 5) is 42.3. The molecule has 2 saturated heterocycles. The number of nitrogens with zero attached hydrogens (tertiary/aromatic N) is 2. The molecule has 1 unspecified atom stereocenters. The Morgan fingerprint density at radius 3 is 2.68 bits per heavy atom. The van der Waals surface area contributed by atoms with E-state index in [2.05, 4.69) is 10.3 Å². The molecule has 2 heterocycles. The highest BCUT2D eigenvalue weighted by Crippen LogP contribution is 2.23. The highest BCUT2D eigenvalue weighted by atomic mass is 35.5. The first-order valence-electron chi connectivity index (χ1n) is 8.04. The highest BCUT2D eigenvalue weighted by molar-refractivity contribution is 6.35. The Kier molecular flexibility index (Phi) is 5.15. The van der Waals surface area contributed by atoms with Gasteiger partial charge in [-0.3, -0.25) is 19.9 Å². The fourth-order valence-corrected chi connectivity index (χ4v) is 3.03. The van der Waals surface area contributed by atoms with E-state index in [1.807, 2.05) is 0 Å². The molecule has 132 valence electrons. The fraction of sp³-hybridized carbons (Fsp3) is 0.412. The number of carbonyl (C=O) groups excluding carboxylic acids is 3. The normalized spacial score (nSPS) is 24.6. The van der Waals surface area contributed by atoms with Crippen LogP contribution < -0.4 is 10.2 Å². The fourth-order valence-electron chi connectivity index (χ4n) is 2.90. The molecule has 25 heavy (non-hydrogen) atoms. The maximum absolute atomic E-state index is 12.8. The summed E-state index contributed by atoms with van der Waals surface area (Å²) < 4.78 is 5.49. The van der Waals surface area contributed by atoms with E-state index in [-0.39, 0.29) is 6.10 Å². The number of amides is 4. The van der Waals surface area contributed by atoms with Gasteiger partial charge in [-0.05, 0) is 44.0 Å². The lowest BCUT2D eigenvalue weighted by Gasteiger charge is -2.30. The number of barbiturate groups is 1. The number of imide groups is 2. The number of hydrogen-bond donors (Lipinski definition) is 1. The molecular formula is C17H18ClN3O4. The van der Waals surface area contributed by atoms with Gasteiger partial charge in [-0.1, -0.05) is 11.6 Å². The predicted octanol–water partition coefficient (Wildman–Crippen LogP) is 2.18. The molecule has 0 spiro atoms. The van der Waals surface area contributed by atoms with Crippen LogP contribution in [0.5, 0.6) is 0 Å². The second kappa shape index (κ2) is 7.33. The van der Waals surface area contributed by atoms with Gasteiger partial charge in [0, 0.05) is 17.3 Å². The molecule has 3 rings (SSSR count). The Labute approximate surface area is 150 Å². The van der Waals surface area contributed by atoms with Crippen molar-refractivity contribution in [3.05, 3.63) is 29.3 Å².